The van der Waals surface area contributed by atoms with Crippen LogP contribution in [-0.2, 0) is 19.0 Å². The summed E-state index contributed by atoms with van der Waals surface area (Å²) in [6.45, 7) is 9.76. The van der Waals surface area contributed by atoms with Crippen LogP contribution in [0.2, 0.25) is 0 Å². The number of morpholine rings is 1. The van der Waals surface area contributed by atoms with E-state index in [4.69, 9.17) is 14.2 Å². The minimum absolute atomic E-state index is 0.0269. The summed E-state index contributed by atoms with van der Waals surface area (Å²) in [5, 5.41) is 2.41. The zero-order chi connectivity index (χ0) is 28.0. The number of piperidine rings is 1. The van der Waals surface area contributed by atoms with Gasteiger partial charge in [-0.2, -0.15) is 0 Å². The maximum absolute atomic E-state index is 12.9. The first-order chi connectivity index (χ1) is 20.2. The molecule has 1 aromatic heterocycles. The van der Waals surface area contributed by atoms with Gasteiger partial charge < -0.3 is 19.1 Å². The Bertz CT molecular complexity index is 1290. The van der Waals surface area contributed by atoms with Gasteiger partial charge in [-0.05, 0) is 79.2 Å². The molecule has 7 nitrogen and oxygen atoms in total. The topological polar surface area (TPSA) is 64.1 Å². The SMILES string of the molecule is Cc1nccc2cc(-c3ccc(C(OCCCN4CCOCC4)C4CCN(C(=O)[C@H]5CCCO5)CC4)cc3)ccc12. The van der Waals surface area contributed by atoms with Gasteiger partial charge in [-0.3, -0.25) is 14.7 Å². The van der Waals surface area contributed by atoms with Crippen molar-refractivity contribution in [1.82, 2.24) is 14.8 Å². The third kappa shape index (κ3) is 6.81. The standard InChI is InChI=1S/C34H43N3O4/c1-25-31-10-9-29(24-30(31)11-14-35-25)26-5-7-27(8-6-26)33(41-21-3-15-36-18-22-39-23-19-36)28-12-16-37(17-13-28)34(38)32-4-2-20-40-32/h5-11,14,24,28,32-33H,2-4,12-13,15-23H2,1H3/t32-,33?/m1/s1. The van der Waals surface area contributed by atoms with Gasteiger partial charge in [0.05, 0.1) is 19.3 Å². The molecule has 3 aromatic rings. The van der Waals surface area contributed by atoms with Crippen LogP contribution in [0.1, 0.15) is 49.5 Å². The molecule has 0 radical (unpaired) electrons. The summed E-state index contributed by atoms with van der Waals surface area (Å²) in [4.78, 5) is 21.8. The largest absolute Gasteiger partial charge is 0.379 e. The molecule has 1 unspecified atom stereocenters. The Hall–Kier alpha value is -2.84. The highest BCUT2D eigenvalue weighted by molar-refractivity contribution is 5.88. The summed E-state index contributed by atoms with van der Waals surface area (Å²) in [6.07, 6.45) is 6.42. The Balaban J connectivity index is 1.14. The van der Waals surface area contributed by atoms with Crippen molar-refractivity contribution in [2.75, 3.05) is 59.2 Å². The third-order valence-electron chi connectivity index (χ3n) is 9.04. The number of ether oxygens (including phenoxy) is 3. The lowest BCUT2D eigenvalue weighted by Crippen LogP contribution is -2.44. The second-order valence-corrected chi connectivity index (χ2v) is 11.7. The summed E-state index contributed by atoms with van der Waals surface area (Å²) in [7, 11) is 0. The summed E-state index contributed by atoms with van der Waals surface area (Å²) < 4.78 is 17.8. The molecular weight excluding hydrogens is 514 g/mol. The predicted molar refractivity (Wildman–Crippen MR) is 161 cm³/mol. The number of benzene rings is 2. The second kappa shape index (κ2) is 13.4. The highest BCUT2D eigenvalue weighted by Crippen LogP contribution is 2.36. The first-order valence-corrected chi connectivity index (χ1v) is 15.4. The Morgan fingerprint density at radius 2 is 1.76 bits per heavy atom. The number of hydrogen-bond donors (Lipinski definition) is 0. The van der Waals surface area contributed by atoms with Crippen molar-refractivity contribution in [1.29, 1.82) is 0 Å². The first-order valence-electron chi connectivity index (χ1n) is 15.4. The number of hydrogen-bond acceptors (Lipinski definition) is 6. The number of aryl methyl sites for hydroxylation is 1. The van der Waals surface area contributed by atoms with Gasteiger partial charge >= 0.3 is 0 Å². The third-order valence-corrected chi connectivity index (χ3v) is 9.04. The summed E-state index contributed by atoms with van der Waals surface area (Å²) in [5.41, 5.74) is 4.69. The lowest BCUT2D eigenvalue weighted by Gasteiger charge is -2.37. The number of carbonyl (C=O) groups is 1. The fraction of sp³-hybridized carbons (Fsp3) is 0.529. The van der Waals surface area contributed by atoms with Crippen LogP contribution in [0.15, 0.2) is 54.7 Å². The number of aromatic nitrogens is 1. The zero-order valence-corrected chi connectivity index (χ0v) is 24.3. The van der Waals surface area contributed by atoms with Crippen molar-refractivity contribution in [3.8, 4) is 11.1 Å². The van der Waals surface area contributed by atoms with E-state index in [1.807, 2.05) is 11.1 Å². The highest BCUT2D eigenvalue weighted by atomic mass is 16.5. The van der Waals surface area contributed by atoms with Crippen molar-refractivity contribution in [3.05, 3.63) is 66.0 Å². The number of rotatable bonds is 9. The number of carbonyl (C=O) groups excluding carboxylic acids is 1. The Morgan fingerprint density at radius 3 is 2.51 bits per heavy atom. The van der Waals surface area contributed by atoms with Crippen LogP contribution in [-0.4, -0.2) is 85.9 Å². The van der Waals surface area contributed by atoms with Crippen LogP contribution >= 0.6 is 0 Å². The molecule has 0 N–H and O–H groups in total. The summed E-state index contributed by atoms with van der Waals surface area (Å²) >= 11 is 0. The molecule has 0 aliphatic carbocycles. The first kappa shape index (κ1) is 28.3. The van der Waals surface area contributed by atoms with Crippen LogP contribution in [0, 0.1) is 12.8 Å². The number of fused-ring (bicyclic) bond motifs is 1. The lowest BCUT2D eigenvalue weighted by atomic mass is 9.86. The maximum atomic E-state index is 12.9. The number of pyridine rings is 1. The quantitative estimate of drug-likeness (QED) is 0.328. The van der Waals surface area contributed by atoms with Gasteiger partial charge in [0.25, 0.3) is 5.91 Å². The van der Waals surface area contributed by atoms with E-state index in [1.54, 1.807) is 0 Å². The molecule has 3 aliphatic heterocycles. The minimum Gasteiger partial charge on any atom is -0.379 e. The van der Waals surface area contributed by atoms with Crippen LogP contribution < -0.4 is 0 Å². The molecule has 0 spiro atoms. The van der Waals surface area contributed by atoms with Gasteiger partial charge in [-0.25, -0.2) is 0 Å². The molecule has 1 amide bonds. The minimum atomic E-state index is -0.235. The van der Waals surface area contributed by atoms with Gasteiger partial charge in [-0.15, -0.1) is 0 Å². The summed E-state index contributed by atoms with van der Waals surface area (Å²) in [5.74, 6) is 0.559. The molecule has 0 saturated carbocycles. The molecule has 218 valence electrons. The van der Waals surface area contributed by atoms with E-state index >= 15 is 0 Å². The molecule has 3 saturated heterocycles. The van der Waals surface area contributed by atoms with E-state index in [2.05, 4.69) is 65.3 Å². The van der Waals surface area contributed by atoms with E-state index in [1.165, 1.54) is 27.5 Å². The normalized spacial score (nSPS) is 21.4. The Morgan fingerprint density at radius 1 is 0.976 bits per heavy atom. The average Bonchev–Trinajstić information content (AvgIpc) is 3.57. The van der Waals surface area contributed by atoms with E-state index in [9.17, 15) is 4.79 Å². The molecule has 2 atom stereocenters. The van der Waals surface area contributed by atoms with Crippen molar-refractivity contribution >= 4 is 16.7 Å². The fourth-order valence-corrected chi connectivity index (χ4v) is 6.60. The van der Waals surface area contributed by atoms with Crippen LogP contribution in [0.25, 0.3) is 21.9 Å². The molecule has 7 heteroatoms. The molecule has 41 heavy (non-hydrogen) atoms. The van der Waals surface area contributed by atoms with Gasteiger partial charge in [0.1, 0.15) is 6.10 Å². The Labute approximate surface area is 243 Å². The van der Waals surface area contributed by atoms with Crippen LogP contribution in [0.3, 0.4) is 0 Å². The van der Waals surface area contributed by atoms with Crippen molar-refractivity contribution in [2.24, 2.45) is 5.92 Å². The van der Waals surface area contributed by atoms with Crippen molar-refractivity contribution in [2.45, 2.75) is 51.2 Å². The zero-order valence-electron chi connectivity index (χ0n) is 24.3. The van der Waals surface area contributed by atoms with Gasteiger partial charge in [0.2, 0.25) is 0 Å². The molecule has 2 aromatic carbocycles. The average molecular weight is 558 g/mol. The smallest absolute Gasteiger partial charge is 0.251 e. The molecule has 3 aliphatic rings. The molecule has 3 fully saturated rings. The van der Waals surface area contributed by atoms with E-state index < -0.39 is 0 Å². The van der Waals surface area contributed by atoms with Gasteiger partial charge in [0, 0.05) is 63.2 Å². The predicted octanol–water partition coefficient (Wildman–Crippen LogP) is 5.41. The van der Waals surface area contributed by atoms with Gasteiger partial charge in [-0.1, -0.05) is 36.4 Å². The van der Waals surface area contributed by atoms with Crippen LogP contribution in [0.5, 0.6) is 0 Å². The summed E-state index contributed by atoms with van der Waals surface area (Å²) in [6, 6.07) is 17.6. The number of amides is 1. The van der Waals surface area contributed by atoms with Crippen molar-refractivity contribution < 1.29 is 19.0 Å². The molecule has 4 heterocycles. The second-order valence-electron chi connectivity index (χ2n) is 11.7. The van der Waals surface area contributed by atoms with Gasteiger partial charge in [0.15, 0.2) is 0 Å². The van der Waals surface area contributed by atoms with E-state index in [0.717, 1.165) is 90.3 Å². The van der Waals surface area contributed by atoms with Crippen molar-refractivity contribution in [3.63, 3.8) is 0 Å². The number of likely N-dealkylation sites (tertiary alicyclic amines) is 1. The molecular formula is C34H43N3O4. The van der Waals surface area contributed by atoms with E-state index in [0.29, 0.717) is 12.5 Å². The Kier molecular flexibility index (Phi) is 9.26. The molecule has 6 rings (SSSR count). The monoisotopic (exact) mass is 557 g/mol. The number of nitrogens with zero attached hydrogens (tertiary/aromatic N) is 3. The van der Waals surface area contributed by atoms with E-state index in [-0.39, 0.29) is 18.1 Å². The lowest BCUT2D eigenvalue weighted by molar-refractivity contribution is -0.143. The maximum Gasteiger partial charge on any atom is 0.251 e. The van der Waals surface area contributed by atoms with Crippen LogP contribution in [0.4, 0.5) is 0 Å². The fourth-order valence-electron chi connectivity index (χ4n) is 6.60. The molecule has 0 bridgehead atoms. The highest BCUT2D eigenvalue weighted by Gasteiger charge is 2.34.